The predicted octanol–water partition coefficient (Wildman–Crippen LogP) is 6.37. The topological polar surface area (TPSA) is 90.3 Å². The Morgan fingerprint density at radius 3 is 2.52 bits per heavy atom. The number of hydrogen-bond donors (Lipinski definition) is 2. The number of phenols is 1. The van der Waals surface area contributed by atoms with Gasteiger partial charge in [0.25, 0.3) is 0 Å². The summed E-state index contributed by atoms with van der Waals surface area (Å²) in [5.74, 6) is -2.15. The van der Waals surface area contributed by atoms with Gasteiger partial charge in [-0.25, -0.2) is 4.39 Å². The van der Waals surface area contributed by atoms with Gasteiger partial charge in [0.15, 0.2) is 11.6 Å². The van der Waals surface area contributed by atoms with E-state index in [0.717, 1.165) is 62.9 Å². The van der Waals surface area contributed by atoms with Crippen LogP contribution in [-0.4, -0.2) is 64.1 Å². The van der Waals surface area contributed by atoms with Crippen LogP contribution < -0.4 is 0 Å². The molecule has 7 nitrogen and oxygen atoms in total. The first-order valence-electron chi connectivity index (χ1n) is 17.1. The Balaban J connectivity index is 1.18. The number of likely N-dealkylation sites (tertiary alicyclic amines) is 2. The van der Waals surface area contributed by atoms with E-state index in [1.54, 1.807) is 11.0 Å². The SMILES string of the molecule is CCCC1=C2[C@@H](CC/C(=C/c3ccc(O)c(F)c3)CC)OB(O)C[C@@H]2[C@@H]2C(=O)N(C3CCN(Cc4ccccc4)CC3)C(=O)[C@@H]2C1. The average molecular weight is 629 g/mol. The van der Waals surface area contributed by atoms with Crippen LogP contribution in [0.25, 0.3) is 6.08 Å². The molecule has 2 amide bonds. The molecule has 244 valence electrons. The van der Waals surface area contributed by atoms with Crippen LogP contribution in [0, 0.1) is 23.6 Å². The maximum Gasteiger partial charge on any atom is 0.455 e. The number of piperidine rings is 1. The van der Waals surface area contributed by atoms with Crippen LogP contribution in [0.5, 0.6) is 5.75 Å². The third-order valence-corrected chi connectivity index (χ3v) is 10.6. The number of imide groups is 1. The maximum atomic E-state index is 14.2. The number of rotatable bonds is 10. The summed E-state index contributed by atoms with van der Waals surface area (Å²) in [7, 11) is -1.00. The average Bonchev–Trinajstić information content (AvgIpc) is 3.30. The summed E-state index contributed by atoms with van der Waals surface area (Å²) in [6, 6.07) is 14.7. The lowest BCUT2D eigenvalue weighted by atomic mass is 9.58. The summed E-state index contributed by atoms with van der Waals surface area (Å²) in [5.41, 5.74) is 5.40. The number of halogens is 1. The molecule has 2 N–H and O–H groups in total. The quantitative estimate of drug-likeness (QED) is 0.181. The molecule has 6 rings (SSSR count). The molecule has 3 saturated heterocycles. The first kappa shape index (κ1) is 32.7. The van der Waals surface area contributed by atoms with Crippen LogP contribution in [0.15, 0.2) is 65.3 Å². The van der Waals surface area contributed by atoms with E-state index in [0.29, 0.717) is 31.1 Å². The minimum Gasteiger partial charge on any atom is -0.505 e. The molecule has 0 saturated carbocycles. The van der Waals surface area contributed by atoms with Crippen molar-refractivity contribution in [2.24, 2.45) is 17.8 Å². The molecule has 3 heterocycles. The number of carbonyl (C=O) groups excluding carboxylic acids is 2. The van der Waals surface area contributed by atoms with Crippen LogP contribution in [0.2, 0.25) is 6.32 Å². The van der Waals surface area contributed by atoms with E-state index in [4.69, 9.17) is 4.65 Å². The highest BCUT2D eigenvalue weighted by atomic mass is 19.1. The monoisotopic (exact) mass is 628 g/mol. The van der Waals surface area contributed by atoms with Gasteiger partial charge in [0.1, 0.15) is 0 Å². The van der Waals surface area contributed by atoms with E-state index < -0.39 is 18.9 Å². The highest BCUT2D eigenvalue weighted by Crippen LogP contribution is 2.52. The van der Waals surface area contributed by atoms with Gasteiger partial charge < -0.3 is 14.8 Å². The lowest BCUT2D eigenvalue weighted by molar-refractivity contribution is -0.144. The summed E-state index contributed by atoms with van der Waals surface area (Å²) in [6.07, 6.45) is 7.90. The van der Waals surface area contributed by atoms with E-state index >= 15 is 0 Å². The van der Waals surface area contributed by atoms with Crippen molar-refractivity contribution in [2.75, 3.05) is 13.1 Å². The second-order valence-corrected chi connectivity index (χ2v) is 13.5. The summed E-state index contributed by atoms with van der Waals surface area (Å²) in [6.45, 7) is 6.75. The number of amides is 2. The molecule has 9 heteroatoms. The molecular formula is C37H46BFN2O5. The van der Waals surface area contributed by atoms with E-state index in [1.165, 1.54) is 23.3 Å². The molecule has 0 spiro atoms. The summed E-state index contributed by atoms with van der Waals surface area (Å²) < 4.78 is 20.2. The smallest absolute Gasteiger partial charge is 0.455 e. The van der Waals surface area contributed by atoms with Gasteiger partial charge in [-0.3, -0.25) is 19.4 Å². The first-order chi connectivity index (χ1) is 22.3. The van der Waals surface area contributed by atoms with E-state index in [2.05, 4.69) is 43.0 Å². The van der Waals surface area contributed by atoms with Crippen LogP contribution in [-0.2, 0) is 20.8 Å². The molecule has 3 fully saturated rings. The largest absolute Gasteiger partial charge is 0.505 e. The van der Waals surface area contributed by atoms with E-state index in [1.807, 2.05) is 12.1 Å². The van der Waals surface area contributed by atoms with Crippen molar-refractivity contribution < 1.29 is 28.8 Å². The van der Waals surface area contributed by atoms with Gasteiger partial charge in [-0.15, -0.1) is 0 Å². The number of nitrogens with zero attached hydrogens (tertiary/aromatic N) is 2. The summed E-state index contributed by atoms with van der Waals surface area (Å²) in [5, 5.41) is 20.5. The standard InChI is InChI=1S/C37H46BFN2O5/c1-3-8-27-21-29-35(37(44)41(36(29)43)28-15-17-40(18-16-28)23-25-9-6-5-7-10-25)30-22-38(45)46-33(34(27)30)14-12-24(4-2)19-26-11-13-32(42)31(39)20-26/h5-7,9-11,13,19-20,28-30,33,35,42,45H,3-4,8,12,14-18,21-23H2,1-2H3/b24-19+/t29-,30+,33-,35-/m1/s1. The molecule has 2 aromatic rings. The van der Waals surface area contributed by atoms with Gasteiger partial charge in [0.05, 0.1) is 17.9 Å². The molecule has 46 heavy (non-hydrogen) atoms. The Kier molecular flexibility index (Phi) is 10.1. The number of hydrogen-bond acceptors (Lipinski definition) is 6. The minimum absolute atomic E-state index is 0.0287. The normalized spacial score (nSPS) is 26.1. The van der Waals surface area contributed by atoms with Crippen LogP contribution >= 0.6 is 0 Å². The zero-order chi connectivity index (χ0) is 32.4. The fourth-order valence-electron chi connectivity index (χ4n) is 8.38. The Hall–Kier alpha value is -3.27. The van der Waals surface area contributed by atoms with E-state index in [-0.39, 0.29) is 41.5 Å². The summed E-state index contributed by atoms with van der Waals surface area (Å²) >= 11 is 0. The Morgan fingerprint density at radius 1 is 1.07 bits per heavy atom. The van der Waals surface area contributed by atoms with Crippen molar-refractivity contribution in [3.8, 4) is 5.75 Å². The second-order valence-electron chi connectivity index (χ2n) is 13.5. The number of carbonyl (C=O) groups is 2. The molecule has 0 bridgehead atoms. The summed E-state index contributed by atoms with van der Waals surface area (Å²) in [4.78, 5) is 32.2. The molecule has 0 aromatic heterocycles. The van der Waals surface area contributed by atoms with Gasteiger partial charge in [-0.2, -0.15) is 0 Å². The predicted molar refractivity (Wildman–Crippen MR) is 177 cm³/mol. The Morgan fingerprint density at radius 2 is 1.83 bits per heavy atom. The zero-order valence-corrected chi connectivity index (χ0v) is 27.0. The minimum atomic E-state index is -1.00. The van der Waals surface area contributed by atoms with Crippen molar-refractivity contribution in [1.29, 1.82) is 0 Å². The Labute approximate surface area is 272 Å². The molecule has 0 unspecified atom stereocenters. The number of aromatic hydroxyl groups is 1. The highest BCUT2D eigenvalue weighted by Gasteiger charge is 2.58. The molecule has 0 radical (unpaired) electrons. The fourth-order valence-corrected chi connectivity index (χ4v) is 8.38. The van der Waals surface area contributed by atoms with Crippen LogP contribution in [0.4, 0.5) is 4.39 Å². The van der Waals surface area contributed by atoms with Gasteiger partial charge in [-0.05, 0) is 86.0 Å². The van der Waals surface area contributed by atoms with Crippen molar-refractivity contribution >= 4 is 25.0 Å². The number of benzene rings is 2. The third kappa shape index (κ3) is 6.73. The Bertz CT molecular complexity index is 1490. The lowest BCUT2D eigenvalue weighted by Crippen LogP contribution is -2.48. The van der Waals surface area contributed by atoms with Gasteiger partial charge >= 0.3 is 7.12 Å². The molecule has 1 aliphatic carbocycles. The maximum absolute atomic E-state index is 14.2. The van der Waals surface area contributed by atoms with Gasteiger partial charge in [-0.1, -0.05) is 73.9 Å². The number of allylic oxidation sites excluding steroid dienone is 2. The number of phenolic OH excluding ortho intramolecular Hbond substituents is 1. The second kappa shape index (κ2) is 14.2. The fraction of sp³-hybridized carbons (Fsp3) is 0.514. The van der Waals surface area contributed by atoms with Crippen molar-refractivity contribution in [2.45, 2.75) is 90.2 Å². The first-order valence-corrected chi connectivity index (χ1v) is 17.1. The molecule has 3 aliphatic heterocycles. The third-order valence-electron chi connectivity index (χ3n) is 10.6. The molecule has 2 aromatic carbocycles. The number of fused-ring (bicyclic) bond motifs is 3. The van der Waals surface area contributed by atoms with Crippen LogP contribution in [0.1, 0.15) is 76.3 Å². The molecule has 4 aliphatic rings. The van der Waals surface area contributed by atoms with Gasteiger partial charge in [0.2, 0.25) is 11.8 Å². The van der Waals surface area contributed by atoms with Crippen molar-refractivity contribution in [1.82, 2.24) is 9.80 Å². The highest BCUT2D eigenvalue weighted by molar-refractivity contribution is 6.43. The lowest BCUT2D eigenvalue weighted by Gasteiger charge is -2.43. The molecule has 4 atom stereocenters. The zero-order valence-electron chi connectivity index (χ0n) is 27.0. The van der Waals surface area contributed by atoms with Crippen LogP contribution in [0.3, 0.4) is 0 Å². The van der Waals surface area contributed by atoms with E-state index in [9.17, 15) is 24.1 Å². The van der Waals surface area contributed by atoms with Crippen molar-refractivity contribution in [3.63, 3.8) is 0 Å². The van der Waals surface area contributed by atoms with Crippen molar-refractivity contribution in [3.05, 3.63) is 82.2 Å². The molecular weight excluding hydrogens is 582 g/mol. The van der Waals surface area contributed by atoms with Gasteiger partial charge in [0, 0.05) is 25.7 Å².